The van der Waals surface area contributed by atoms with Crippen LogP contribution in [0, 0.1) is 5.92 Å². The first-order valence-electron chi connectivity index (χ1n) is 8.50. The molecular weight excluding hydrogens is 368 g/mol. The van der Waals surface area contributed by atoms with Crippen molar-refractivity contribution < 1.29 is 9.64 Å². The lowest BCUT2D eigenvalue weighted by Gasteiger charge is -2.40. The number of pyridine rings is 1. The Balaban J connectivity index is 1.54. The number of rotatable bonds is 3. The van der Waals surface area contributed by atoms with Gasteiger partial charge < -0.3 is 14.2 Å². The molecule has 3 heterocycles. The number of ether oxygens (including phenoxy) is 1. The second kappa shape index (κ2) is 6.37. The molecule has 1 fully saturated rings. The molecule has 4 rings (SSSR count). The van der Waals surface area contributed by atoms with Gasteiger partial charge in [0.05, 0.1) is 24.7 Å². The molecule has 0 saturated carbocycles. The van der Waals surface area contributed by atoms with E-state index in [0.717, 1.165) is 36.4 Å². The number of hydrogen-bond donors (Lipinski definition) is 1. The molecular formula is C19H22BrN2O2+. The Morgan fingerprint density at radius 1 is 1.29 bits per heavy atom. The highest BCUT2D eigenvalue weighted by molar-refractivity contribution is 9.10. The fraction of sp³-hybridized carbons (Fsp3) is 0.421. The van der Waals surface area contributed by atoms with Gasteiger partial charge in [0.2, 0.25) is 0 Å². The van der Waals surface area contributed by atoms with Gasteiger partial charge in [-0.1, -0.05) is 6.07 Å². The summed E-state index contributed by atoms with van der Waals surface area (Å²) in [4.78, 5) is 13.7. The van der Waals surface area contributed by atoms with Crippen molar-refractivity contribution in [1.82, 2.24) is 4.57 Å². The number of fused-ring (bicyclic) bond motifs is 4. The molecule has 2 aromatic rings. The molecule has 2 aliphatic rings. The first-order chi connectivity index (χ1) is 11.6. The Bertz CT molecular complexity index is 817. The van der Waals surface area contributed by atoms with Crippen LogP contribution in [0.15, 0.2) is 45.7 Å². The molecule has 1 aromatic carbocycles. The predicted molar refractivity (Wildman–Crippen MR) is 96.6 cm³/mol. The number of piperidine rings is 1. The fourth-order valence-electron chi connectivity index (χ4n) is 4.37. The number of nitrogens with one attached hydrogen (secondary N) is 1. The minimum absolute atomic E-state index is 0.157. The number of aromatic nitrogens is 1. The molecule has 2 bridgehead atoms. The topological polar surface area (TPSA) is 35.7 Å². The second-order valence-corrected chi connectivity index (χ2v) is 7.86. The third-order valence-corrected chi connectivity index (χ3v) is 5.96. The van der Waals surface area contributed by atoms with Gasteiger partial charge in [-0.25, -0.2) is 0 Å². The lowest BCUT2D eigenvalue weighted by molar-refractivity contribution is -0.924. The van der Waals surface area contributed by atoms with Crippen LogP contribution in [-0.4, -0.2) is 24.8 Å². The van der Waals surface area contributed by atoms with Crippen LogP contribution in [0.4, 0.5) is 0 Å². The number of hydrogen-bond acceptors (Lipinski definition) is 2. The smallest absolute Gasteiger partial charge is 0.250 e. The van der Waals surface area contributed by atoms with Crippen molar-refractivity contribution >= 4 is 15.9 Å². The largest absolute Gasteiger partial charge is 0.496 e. The molecule has 1 unspecified atom stereocenters. The van der Waals surface area contributed by atoms with E-state index < -0.39 is 0 Å². The average molecular weight is 390 g/mol. The van der Waals surface area contributed by atoms with Gasteiger partial charge >= 0.3 is 0 Å². The summed E-state index contributed by atoms with van der Waals surface area (Å²) in [5.74, 6) is 1.98. The van der Waals surface area contributed by atoms with E-state index in [0.29, 0.717) is 11.8 Å². The van der Waals surface area contributed by atoms with Gasteiger partial charge in [0.25, 0.3) is 5.56 Å². The van der Waals surface area contributed by atoms with Gasteiger partial charge in [0, 0.05) is 35.7 Å². The molecule has 4 nitrogen and oxygen atoms in total. The van der Waals surface area contributed by atoms with Crippen LogP contribution >= 0.6 is 15.9 Å². The van der Waals surface area contributed by atoms with E-state index in [-0.39, 0.29) is 5.56 Å². The van der Waals surface area contributed by atoms with Crippen LogP contribution < -0.4 is 15.2 Å². The van der Waals surface area contributed by atoms with Crippen LogP contribution in [0.5, 0.6) is 5.75 Å². The average Bonchev–Trinajstić information content (AvgIpc) is 2.56. The van der Waals surface area contributed by atoms with Crippen molar-refractivity contribution in [2.45, 2.75) is 25.4 Å². The van der Waals surface area contributed by atoms with Crippen molar-refractivity contribution in [2.24, 2.45) is 5.92 Å². The first kappa shape index (κ1) is 15.9. The highest BCUT2D eigenvalue weighted by Gasteiger charge is 2.37. The molecule has 1 N–H and O–H groups in total. The van der Waals surface area contributed by atoms with Crippen LogP contribution in [0.1, 0.15) is 23.6 Å². The van der Waals surface area contributed by atoms with Crippen molar-refractivity contribution in [3.05, 3.63) is 62.5 Å². The van der Waals surface area contributed by atoms with E-state index in [1.807, 2.05) is 16.7 Å². The molecule has 24 heavy (non-hydrogen) atoms. The lowest BCUT2D eigenvalue weighted by atomic mass is 9.83. The summed E-state index contributed by atoms with van der Waals surface area (Å²) in [6.07, 6.45) is 1.22. The first-order valence-corrected chi connectivity index (χ1v) is 9.29. The minimum Gasteiger partial charge on any atom is -0.496 e. The van der Waals surface area contributed by atoms with Crippen molar-refractivity contribution in [1.29, 1.82) is 0 Å². The van der Waals surface area contributed by atoms with Gasteiger partial charge in [-0.2, -0.15) is 0 Å². The molecule has 0 spiro atoms. The second-order valence-electron chi connectivity index (χ2n) is 7.00. The van der Waals surface area contributed by atoms with E-state index in [1.165, 1.54) is 17.7 Å². The molecule has 126 valence electrons. The summed E-state index contributed by atoms with van der Waals surface area (Å²) in [6.45, 7) is 4.14. The number of halogens is 1. The summed E-state index contributed by atoms with van der Waals surface area (Å²) < 4.78 is 8.32. The minimum atomic E-state index is 0.157. The van der Waals surface area contributed by atoms with E-state index in [2.05, 4.69) is 34.1 Å². The maximum Gasteiger partial charge on any atom is 0.250 e. The van der Waals surface area contributed by atoms with Gasteiger partial charge in [-0.15, -0.1) is 0 Å². The molecule has 1 saturated heterocycles. The Morgan fingerprint density at radius 3 is 2.96 bits per heavy atom. The zero-order valence-corrected chi connectivity index (χ0v) is 15.4. The zero-order chi connectivity index (χ0) is 16.7. The van der Waals surface area contributed by atoms with Crippen molar-refractivity contribution in [3.63, 3.8) is 0 Å². The SMILES string of the molecule is COc1ccc(C[NH+]2C[C@H]3C[C@@H](C2)c2cccc(=O)n2C3)cc1Br. The Kier molecular flexibility index (Phi) is 4.22. The molecule has 0 radical (unpaired) electrons. The third kappa shape index (κ3) is 2.91. The Hall–Kier alpha value is -1.59. The standard InChI is InChI=1S/C19H21BrN2O2/c1-24-18-6-5-13(8-16(18)20)9-21-10-14-7-15(12-21)17-3-2-4-19(23)22(17)11-14/h2-6,8,14-15H,7,9-12H2,1H3/p+1/t14-,15+/m1/s1. The number of likely N-dealkylation sites (tertiary alicyclic amines) is 1. The van der Waals surface area contributed by atoms with Crippen LogP contribution in [-0.2, 0) is 13.1 Å². The summed E-state index contributed by atoms with van der Waals surface area (Å²) in [5.41, 5.74) is 2.71. The number of nitrogens with zero attached hydrogens (tertiary/aromatic N) is 1. The maximum absolute atomic E-state index is 12.1. The van der Waals surface area contributed by atoms with Crippen LogP contribution in [0.3, 0.4) is 0 Å². The van der Waals surface area contributed by atoms with Gasteiger partial charge in [0.1, 0.15) is 12.3 Å². The van der Waals surface area contributed by atoms with Crippen molar-refractivity contribution in [2.75, 3.05) is 20.2 Å². The normalized spacial score (nSPS) is 25.2. The summed E-state index contributed by atoms with van der Waals surface area (Å²) in [5, 5.41) is 0. The number of quaternary nitrogens is 1. The maximum atomic E-state index is 12.1. The van der Waals surface area contributed by atoms with E-state index >= 15 is 0 Å². The fourth-order valence-corrected chi connectivity index (χ4v) is 4.96. The molecule has 3 atom stereocenters. The van der Waals surface area contributed by atoms with E-state index in [1.54, 1.807) is 18.1 Å². The van der Waals surface area contributed by atoms with E-state index in [4.69, 9.17) is 4.74 Å². The Morgan fingerprint density at radius 2 is 2.17 bits per heavy atom. The summed E-state index contributed by atoms with van der Waals surface area (Å²) in [6, 6.07) is 12.1. The molecule has 0 amide bonds. The molecule has 5 heteroatoms. The van der Waals surface area contributed by atoms with E-state index in [9.17, 15) is 4.79 Å². The molecule has 2 aliphatic heterocycles. The summed E-state index contributed by atoms with van der Waals surface area (Å²) in [7, 11) is 1.69. The van der Waals surface area contributed by atoms with Gasteiger partial charge in [-0.05, 0) is 46.6 Å². The third-order valence-electron chi connectivity index (χ3n) is 5.34. The lowest BCUT2D eigenvalue weighted by Crippen LogP contribution is -3.13. The quantitative estimate of drug-likeness (QED) is 0.868. The van der Waals surface area contributed by atoms with Gasteiger partial charge in [-0.3, -0.25) is 4.79 Å². The molecule has 0 aliphatic carbocycles. The monoisotopic (exact) mass is 389 g/mol. The van der Waals surface area contributed by atoms with Crippen LogP contribution in [0.25, 0.3) is 0 Å². The number of benzene rings is 1. The molecule has 1 aromatic heterocycles. The summed E-state index contributed by atoms with van der Waals surface area (Å²) >= 11 is 3.58. The highest BCUT2D eigenvalue weighted by atomic mass is 79.9. The zero-order valence-electron chi connectivity index (χ0n) is 13.8. The highest BCUT2D eigenvalue weighted by Crippen LogP contribution is 2.30. The Labute approximate surface area is 150 Å². The van der Waals surface area contributed by atoms with Crippen molar-refractivity contribution in [3.8, 4) is 5.75 Å². The van der Waals surface area contributed by atoms with Crippen LogP contribution in [0.2, 0.25) is 0 Å². The number of methoxy groups -OCH3 is 1. The predicted octanol–water partition coefficient (Wildman–Crippen LogP) is 1.82. The van der Waals surface area contributed by atoms with Gasteiger partial charge in [0.15, 0.2) is 0 Å².